The molecule has 2 unspecified atom stereocenters. The molecule has 0 bridgehead atoms. The molecule has 0 spiro atoms. The zero-order chi connectivity index (χ0) is 23.7. The van der Waals surface area contributed by atoms with Gasteiger partial charge >= 0.3 is 16.2 Å². The molecule has 11 heteroatoms. The SMILES string of the molecule is NCC1=C[N+](c2ccc(C(O)c3ccc(F)c(F)c3)cc2)(S(=O)(=O)CC(F)(F)F)CC=C1. The fraction of sp³-hybridized carbons (Fsp3) is 0.238. The van der Waals surface area contributed by atoms with Crippen molar-refractivity contribution in [1.82, 2.24) is 3.89 Å². The molecule has 5 nitrogen and oxygen atoms in total. The minimum atomic E-state index is -4.95. The summed E-state index contributed by atoms with van der Waals surface area (Å²) in [7, 11) is -4.82. The second-order valence-electron chi connectivity index (χ2n) is 7.30. The van der Waals surface area contributed by atoms with Crippen molar-refractivity contribution in [3.8, 4) is 0 Å². The molecule has 0 saturated carbocycles. The maximum absolute atomic E-state index is 13.5. The zero-order valence-corrected chi connectivity index (χ0v) is 17.4. The summed E-state index contributed by atoms with van der Waals surface area (Å²) < 4.78 is 90.4. The first kappa shape index (κ1) is 24.1. The largest absolute Gasteiger partial charge is 0.408 e. The number of nitrogens with two attached hydrogens (primary N) is 1. The summed E-state index contributed by atoms with van der Waals surface area (Å²) in [6.07, 6.45) is -2.18. The van der Waals surface area contributed by atoms with E-state index in [0.717, 1.165) is 12.1 Å². The van der Waals surface area contributed by atoms with Crippen LogP contribution in [0.25, 0.3) is 0 Å². The van der Waals surface area contributed by atoms with Crippen LogP contribution in [0.4, 0.5) is 27.6 Å². The van der Waals surface area contributed by atoms with Gasteiger partial charge < -0.3 is 10.8 Å². The number of aliphatic hydroxyl groups is 1. The molecule has 0 amide bonds. The van der Waals surface area contributed by atoms with Crippen LogP contribution in [0.15, 0.2) is 66.4 Å². The maximum Gasteiger partial charge on any atom is 0.408 e. The molecule has 2 atom stereocenters. The van der Waals surface area contributed by atoms with Gasteiger partial charge in [-0.1, -0.05) is 24.3 Å². The molecule has 0 saturated heterocycles. The van der Waals surface area contributed by atoms with Crippen LogP contribution >= 0.6 is 0 Å². The van der Waals surface area contributed by atoms with Gasteiger partial charge in [-0.15, -0.1) is 0 Å². The smallest absolute Gasteiger partial charge is 0.384 e. The highest BCUT2D eigenvalue weighted by Gasteiger charge is 2.50. The Kier molecular flexibility index (Phi) is 6.57. The van der Waals surface area contributed by atoms with Gasteiger partial charge in [-0.05, 0) is 29.3 Å². The van der Waals surface area contributed by atoms with Gasteiger partial charge in [-0.25, -0.2) is 8.78 Å². The molecule has 2 aromatic rings. The minimum absolute atomic E-state index is 0.00536. The van der Waals surface area contributed by atoms with E-state index in [2.05, 4.69) is 0 Å². The minimum Gasteiger partial charge on any atom is -0.384 e. The predicted octanol–water partition coefficient (Wildman–Crippen LogP) is 3.66. The van der Waals surface area contributed by atoms with E-state index < -0.39 is 43.6 Å². The Labute approximate surface area is 181 Å². The lowest BCUT2D eigenvalue weighted by Gasteiger charge is -2.34. The van der Waals surface area contributed by atoms with E-state index in [1.54, 1.807) is 6.08 Å². The van der Waals surface area contributed by atoms with Crippen molar-refractivity contribution in [2.45, 2.75) is 12.3 Å². The Bertz CT molecular complexity index is 1160. The standard InChI is InChI=1S/C21H20F5N2O3S/c22-18-8-5-16(10-19(18)23)20(29)15-3-6-17(7-4-15)28(9-1-2-14(11-27)12-28)32(30,31)13-21(24,25)26/h1-8,10,12,20,29H,9,11,13,27H2/q+1. The molecule has 0 fully saturated rings. The number of aliphatic hydroxyl groups excluding tert-OH is 1. The summed E-state index contributed by atoms with van der Waals surface area (Å²) >= 11 is 0. The summed E-state index contributed by atoms with van der Waals surface area (Å²) in [6, 6.07) is 8.04. The van der Waals surface area contributed by atoms with Gasteiger partial charge in [-0.2, -0.15) is 25.5 Å². The monoisotopic (exact) mass is 475 g/mol. The van der Waals surface area contributed by atoms with Crippen LogP contribution in [0, 0.1) is 11.6 Å². The first-order valence-electron chi connectivity index (χ1n) is 9.38. The lowest BCUT2D eigenvalue weighted by molar-refractivity contribution is -0.106. The highest BCUT2D eigenvalue weighted by molar-refractivity contribution is 7.91. The van der Waals surface area contributed by atoms with E-state index >= 15 is 0 Å². The summed E-state index contributed by atoms with van der Waals surface area (Å²) in [5.41, 5.74) is 6.20. The van der Waals surface area contributed by atoms with E-state index in [-0.39, 0.29) is 29.9 Å². The number of hydrogen-bond donors (Lipinski definition) is 2. The van der Waals surface area contributed by atoms with E-state index in [0.29, 0.717) is 5.57 Å². The third-order valence-electron chi connectivity index (χ3n) is 5.07. The van der Waals surface area contributed by atoms with Gasteiger partial charge in [0.2, 0.25) is 0 Å². The van der Waals surface area contributed by atoms with Crippen molar-refractivity contribution in [2.75, 3.05) is 18.8 Å². The normalized spacial score (nSPS) is 20.2. The van der Waals surface area contributed by atoms with Crippen LogP contribution in [0.2, 0.25) is 0 Å². The number of benzene rings is 2. The molecular formula is C21H20F5N2O3S+. The molecule has 1 aliphatic heterocycles. The van der Waals surface area contributed by atoms with E-state index in [9.17, 15) is 35.5 Å². The Hall–Kier alpha value is -2.60. The van der Waals surface area contributed by atoms with Crippen LogP contribution in [-0.4, -0.2) is 38.5 Å². The van der Waals surface area contributed by atoms with Crippen molar-refractivity contribution >= 4 is 15.7 Å². The lowest BCUT2D eigenvalue weighted by Crippen LogP contribution is -2.54. The summed E-state index contributed by atoms with van der Waals surface area (Å²) in [4.78, 5) is 0. The van der Waals surface area contributed by atoms with Crippen LogP contribution in [-0.2, 0) is 10.0 Å². The second kappa shape index (κ2) is 8.74. The average molecular weight is 475 g/mol. The average Bonchev–Trinajstić information content (AvgIpc) is 2.73. The Balaban J connectivity index is 2.04. The van der Waals surface area contributed by atoms with Gasteiger partial charge in [0.1, 0.15) is 18.8 Å². The van der Waals surface area contributed by atoms with Crippen LogP contribution < -0.4 is 9.62 Å². The number of rotatable bonds is 6. The van der Waals surface area contributed by atoms with E-state index in [1.807, 2.05) is 0 Å². The summed E-state index contributed by atoms with van der Waals surface area (Å²) in [5, 5.41) is 10.5. The molecule has 2 aromatic carbocycles. The van der Waals surface area contributed by atoms with Crippen LogP contribution in [0.1, 0.15) is 17.2 Å². The molecule has 0 radical (unpaired) electrons. The quantitative estimate of drug-likeness (QED) is 0.494. The third-order valence-corrected chi connectivity index (χ3v) is 7.22. The highest BCUT2D eigenvalue weighted by Crippen LogP contribution is 2.36. The van der Waals surface area contributed by atoms with E-state index in [1.165, 1.54) is 42.6 Å². The first-order valence-corrected chi connectivity index (χ1v) is 11.0. The first-order chi connectivity index (χ1) is 14.9. The van der Waals surface area contributed by atoms with Gasteiger partial charge in [0.05, 0.1) is 0 Å². The lowest BCUT2D eigenvalue weighted by atomic mass is 10.0. The number of quaternary nitrogens is 1. The number of hydrogen-bond acceptors (Lipinski definition) is 4. The van der Waals surface area contributed by atoms with Crippen LogP contribution in [0.5, 0.6) is 0 Å². The highest BCUT2D eigenvalue weighted by atomic mass is 32.2. The van der Waals surface area contributed by atoms with Crippen molar-refractivity contribution in [1.29, 1.82) is 0 Å². The fourth-order valence-electron chi connectivity index (χ4n) is 3.49. The number of alkyl halides is 3. The molecule has 172 valence electrons. The predicted molar refractivity (Wildman–Crippen MR) is 110 cm³/mol. The second-order valence-corrected chi connectivity index (χ2v) is 9.40. The van der Waals surface area contributed by atoms with Gasteiger partial charge in [0.15, 0.2) is 23.1 Å². The summed E-state index contributed by atoms with van der Waals surface area (Å²) in [6.45, 7) is -0.363. The fourth-order valence-corrected chi connectivity index (χ4v) is 5.18. The van der Waals surface area contributed by atoms with Crippen molar-refractivity contribution < 1.29 is 35.5 Å². The molecule has 32 heavy (non-hydrogen) atoms. The van der Waals surface area contributed by atoms with Crippen LogP contribution in [0.3, 0.4) is 0 Å². The number of nitrogens with zero attached hydrogens (tertiary/aromatic N) is 1. The van der Waals surface area contributed by atoms with Crippen molar-refractivity contribution in [3.05, 3.63) is 89.2 Å². The third kappa shape index (κ3) is 4.75. The van der Waals surface area contributed by atoms with Gasteiger partial charge in [0.25, 0.3) is 0 Å². The molecule has 0 aromatic heterocycles. The molecule has 3 N–H and O–H groups in total. The molecule has 1 aliphatic rings. The topological polar surface area (TPSA) is 80.4 Å². The van der Waals surface area contributed by atoms with Gasteiger partial charge in [-0.3, -0.25) is 0 Å². The van der Waals surface area contributed by atoms with Gasteiger partial charge in [0, 0.05) is 24.3 Å². The van der Waals surface area contributed by atoms with E-state index in [4.69, 9.17) is 5.73 Å². The number of sulfonamides is 1. The maximum atomic E-state index is 13.5. The molecular weight excluding hydrogens is 455 g/mol. The number of halogens is 5. The summed E-state index contributed by atoms with van der Waals surface area (Å²) in [5.74, 6) is -4.28. The Morgan fingerprint density at radius 2 is 1.66 bits per heavy atom. The molecule has 3 rings (SSSR count). The van der Waals surface area contributed by atoms with Crippen molar-refractivity contribution in [3.63, 3.8) is 0 Å². The Morgan fingerprint density at radius 3 is 2.22 bits per heavy atom. The molecule has 0 aliphatic carbocycles. The molecule has 1 heterocycles. The van der Waals surface area contributed by atoms with Crippen molar-refractivity contribution in [2.24, 2.45) is 5.73 Å². The Morgan fingerprint density at radius 1 is 1.03 bits per heavy atom. The zero-order valence-electron chi connectivity index (χ0n) is 16.6.